The van der Waals surface area contributed by atoms with E-state index in [0.29, 0.717) is 19.3 Å². The Bertz CT molecular complexity index is 926. The number of unbranched alkanes of at least 4 members (excludes halogenated alkanes) is 19. The molecule has 0 aromatic carbocycles. The van der Waals surface area contributed by atoms with Gasteiger partial charge >= 0.3 is 5.97 Å². The van der Waals surface area contributed by atoms with Crippen molar-refractivity contribution in [3.8, 4) is 0 Å². The third-order valence-corrected chi connectivity index (χ3v) is 9.86. The summed E-state index contributed by atoms with van der Waals surface area (Å²) < 4.78 is 5.86. The Morgan fingerprint density at radius 3 is 1.60 bits per heavy atom. The monoisotopic (exact) mass is 744 g/mol. The van der Waals surface area contributed by atoms with Crippen molar-refractivity contribution in [3.63, 3.8) is 0 Å². The van der Waals surface area contributed by atoms with Crippen LogP contribution in [0, 0.1) is 0 Å². The maximum atomic E-state index is 13.0. The lowest BCUT2D eigenvalue weighted by molar-refractivity contribution is -0.151. The minimum Gasteiger partial charge on any atom is -0.462 e. The largest absolute Gasteiger partial charge is 0.462 e. The molecule has 0 aromatic heterocycles. The smallest absolute Gasteiger partial charge is 0.306 e. The molecule has 0 aliphatic carbocycles. The van der Waals surface area contributed by atoms with Crippen molar-refractivity contribution in [1.29, 1.82) is 0 Å². The van der Waals surface area contributed by atoms with Gasteiger partial charge in [0.05, 0.1) is 25.2 Å². The number of aliphatic hydroxyl groups is 2. The average Bonchev–Trinajstić information content (AvgIpc) is 3.15. The molecule has 0 radical (unpaired) electrons. The van der Waals surface area contributed by atoms with Gasteiger partial charge in [-0.05, 0) is 83.5 Å². The van der Waals surface area contributed by atoms with Crippen LogP contribution in [0.1, 0.15) is 213 Å². The molecule has 6 heteroatoms. The summed E-state index contributed by atoms with van der Waals surface area (Å²) in [4.78, 5) is 25.9. The van der Waals surface area contributed by atoms with Gasteiger partial charge in [-0.3, -0.25) is 9.59 Å². The Kier molecular flexibility index (Phi) is 39.3. The lowest BCUT2D eigenvalue weighted by Crippen LogP contribution is -2.46. The summed E-state index contributed by atoms with van der Waals surface area (Å²) in [5.41, 5.74) is 0. The molecule has 0 heterocycles. The third-order valence-electron chi connectivity index (χ3n) is 9.86. The molecule has 1 amide bonds. The van der Waals surface area contributed by atoms with Crippen LogP contribution < -0.4 is 5.32 Å². The number of rotatable bonds is 39. The number of allylic oxidation sites excluding steroid dienone is 8. The van der Waals surface area contributed by atoms with Gasteiger partial charge in [-0.2, -0.15) is 0 Å². The van der Waals surface area contributed by atoms with Crippen molar-refractivity contribution < 1.29 is 24.5 Å². The molecular formula is C47H85NO5. The molecule has 3 atom stereocenters. The fourth-order valence-corrected chi connectivity index (χ4v) is 6.44. The first kappa shape index (κ1) is 50.8. The molecule has 0 saturated carbocycles. The first-order valence-corrected chi connectivity index (χ1v) is 22.4. The van der Waals surface area contributed by atoms with E-state index in [1.807, 2.05) is 0 Å². The number of hydrogen-bond acceptors (Lipinski definition) is 5. The second kappa shape index (κ2) is 41.0. The highest BCUT2D eigenvalue weighted by molar-refractivity contribution is 5.77. The van der Waals surface area contributed by atoms with Crippen LogP contribution in [0.15, 0.2) is 48.6 Å². The second-order valence-corrected chi connectivity index (χ2v) is 15.1. The molecule has 308 valence electrons. The molecule has 0 aliphatic heterocycles. The summed E-state index contributed by atoms with van der Waals surface area (Å²) in [5.74, 6) is -0.523. The van der Waals surface area contributed by atoms with Gasteiger partial charge in [0.15, 0.2) is 0 Å². The predicted molar refractivity (Wildman–Crippen MR) is 227 cm³/mol. The Balaban J connectivity index is 4.53. The molecule has 3 N–H and O–H groups in total. The summed E-state index contributed by atoms with van der Waals surface area (Å²) in [5, 5.41) is 23.5. The molecule has 0 aliphatic rings. The molecular weight excluding hydrogens is 659 g/mol. The fraction of sp³-hybridized carbons (Fsp3) is 0.787. The SMILES string of the molecule is CCC/C=C\CCCCCC(CC(=O)NC(CO)C(O)CCCCCCCCCCC)OC(=O)CCCCCC/C=C\C/C=C\C/C=C\CCCCC. The molecule has 0 fully saturated rings. The van der Waals surface area contributed by atoms with Crippen LogP contribution in [-0.4, -0.2) is 46.9 Å². The van der Waals surface area contributed by atoms with Gasteiger partial charge in [0.25, 0.3) is 0 Å². The van der Waals surface area contributed by atoms with Crippen molar-refractivity contribution in [2.24, 2.45) is 0 Å². The number of carbonyl (C=O) groups is 2. The third kappa shape index (κ3) is 36.6. The quantitative estimate of drug-likeness (QED) is 0.0331. The average molecular weight is 744 g/mol. The van der Waals surface area contributed by atoms with E-state index in [2.05, 4.69) is 74.7 Å². The van der Waals surface area contributed by atoms with Crippen LogP contribution in [0.3, 0.4) is 0 Å². The zero-order valence-electron chi connectivity index (χ0n) is 34.9. The standard InChI is InChI=1S/C47H85NO5/c1-4-7-10-13-16-19-20-21-22-23-24-25-26-28-31-34-37-40-47(52)53-43(38-35-32-29-18-15-12-9-6-3)41-46(51)48-44(42-49)45(50)39-36-33-30-27-17-14-11-8-5-2/h12,15-16,19,21-22,24-25,43-45,49-50H,4-11,13-14,17-18,20,23,26-42H2,1-3H3,(H,48,51)/b15-12-,19-16-,22-21-,25-24-. The molecule has 0 bridgehead atoms. The van der Waals surface area contributed by atoms with E-state index in [9.17, 15) is 19.8 Å². The zero-order valence-corrected chi connectivity index (χ0v) is 34.9. The number of esters is 1. The van der Waals surface area contributed by atoms with Crippen LogP contribution in [0.4, 0.5) is 0 Å². The van der Waals surface area contributed by atoms with E-state index < -0.39 is 18.2 Å². The number of amides is 1. The Morgan fingerprint density at radius 1 is 0.547 bits per heavy atom. The van der Waals surface area contributed by atoms with Crippen LogP contribution in [0.5, 0.6) is 0 Å². The Labute approximate surface area is 327 Å². The minimum absolute atomic E-state index is 0.0562. The van der Waals surface area contributed by atoms with E-state index in [4.69, 9.17) is 4.74 Å². The van der Waals surface area contributed by atoms with Gasteiger partial charge < -0.3 is 20.3 Å². The summed E-state index contributed by atoms with van der Waals surface area (Å²) in [6.07, 6.45) is 47.5. The van der Waals surface area contributed by atoms with Crippen molar-refractivity contribution in [1.82, 2.24) is 5.32 Å². The summed E-state index contributed by atoms with van der Waals surface area (Å²) in [6.45, 7) is 6.33. The lowest BCUT2D eigenvalue weighted by atomic mass is 10.0. The van der Waals surface area contributed by atoms with Gasteiger partial charge in [0.2, 0.25) is 5.91 Å². The number of carbonyl (C=O) groups excluding carboxylic acids is 2. The van der Waals surface area contributed by atoms with Crippen molar-refractivity contribution >= 4 is 11.9 Å². The van der Waals surface area contributed by atoms with Gasteiger partial charge in [-0.25, -0.2) is 0 Å². The minimum atomic E-state index is -0.792. The van der Waals surface area contributed by atoms with E-state index >= 15 is 0 Å². The number of ether oxygens (including phenoxy) is 1. The van der Waals surface area contributed by atoms with Crippen molar-refractivity contribution in [3.05, 3.63) is 48.6 Å². The fourth-order valence-electron chi connectivity index (χ4n) is 6.44. The highest BCUT2D eigenvalue weighted by Gasteiger charge is 2.24. The summed E-state index contributed by atoms with van der Waals surface area (Å²) in [7, 11) is 0. The second-order valence-electron chi connectivity index (χ2n) is 15.1. The molecule has 0 spiro atoms. The van der Waals surface area contributed by atoms with Gasteiger partial charge in [-0.15, -0.1) is 0 Å². The van der Waals surface area contributed by atoms with Crippen LogP contribution in [-0.2, 0) is 14.3 Å². The molecule has 0 saturated heterocycles. The van der Waals surface area contributed by atoms with Crippen LogP contribution >= 0.6 is 0 Å². The van der Waals surface area contributed by atoms with Gasteiger partial charge in [0, 0.05) is 6.42 Å². The maximum absolute atomic E-state index is 13.0. The number of aliphatic hydroxyl groups excluding tert-OH is 2. The maximum Gasteiger partial charge on any atom is 0.306 e. The predicted octanol–water partition coefficient (Wildman–Crippen LogP) is 12.7. The van der Waals surface area contributed by atoms with Crippen molar-refractivity contribution in [2.45, 2.75) is 232 Å². The first-order chi connectivity index (χ1) is 26.0. The van der Waals surface area contributed by atoms with Crippen LogP contribution in [0.2, 0.25) is 0 Å². The van der Waals surface area contributed by atoms with Gasteiger partial charge in [0.1, 0.15) is 6.10 Å². The molecule has 53 heavy (non-hydrogen) atoms. The first-order valence-electron chi connectivity index (χ1n) is 22.4. The topological polar surface area (TPSA) is 95.9 Å². The van der Waals surface area contributed by atoms with Crippen molar-refractivity contribution in [2.75, 3.05) is 6.61 Å². The Morgan fingerprint density at radius 2 is 1.00 bits per heavy atom. The molecule has 3 unspecified atom stereocenters. The van der Waals surface area contributed by atoms with Gasteiger partial charge in [-0.1, -0.05) is 166 Å². The van der Waals surface area contributed by atoms with E-state index in [1.54, 1.807) is 0 Å². The summed E-state index contributed by atoms with van der Waals surface area (Å²) >= 11 is 0. The van der Waals surface area contributed by atoms with E-state index in [-0.39, 0.29) is 24.9 Å². The lowest BCUT2D eigenvalue weighted by Gasteiger charge is -2.24. The number of nitrogens with one attached hydrogen (secondary N) is 1. The molecule has 0 aromatic rings. The van der Waals surface area contributed by atoms with E-state index in [0.717, 1.165) is 103 Å². The van der Waals surface area contributed by atoms with E-state index in [1.165, 1.54) is 64.2 Å². The van der Waals surface area contributed by atoms with Crippen LogP contribution in [0.25, 0.3) is 0 Å². The zero-order chi connectivity index (χ0) is 38.9. The number of hydrogen-bond donors (Lipinski definition) is 3. The highest BCUT2D eigenvalue weighted by atomic mass is 16.5. The molecule has 6 nitrogen and oxygen atoms in total. The normalized spacial score (nSPS) is 13.8. The Hall–Kier alpha value is -2.18. The summed E-state index contributed by atoms with van der Waals surface area (Å²) in [6, 6.07) is -0.707. The molecule has 0 rings (SSSR count). The highest BCUT2D eigenvalue weighted by Crippen LogP contribution is 2.16.